The number of nitrogens with one attached hydrogen (secondary N) is 1. The monoisotopic (exact) mass is 413 g/mol. The first kappa shape index (κ1) is 20.1. The number of benzene rings is 2. The van der Waals surface area contributed by atoms with Crippen molar-refractivity contribution in [2.75, 3.05) is 0 Å². The third-order valence-electron chi connectivity index (χ3n) is 4.25. The van der Waals surface area contributed by atoms with Crippen LogP contribution in [0.5, 0.6) is 0 Å². The van der Waals surface area contributed by atoms with Crippen LogP contribution in [0.4, 0.5) is 0 Å². The van der Waals surface area contributed by atoms with Crippen LogP contribution in [-0.2, 0) is 16.1 Å². The van der Waals surface area contributed by atoms with Crippen molar-refractivity contribution in [2.24, 2.45) is 0 Å². The van der Waals surface area contributed by atoms with Gasteiger partial charge in [-0.15, -0.1) is 11.3 Å². The van der Waals surface area contributed by atoms with Gasteiger partial charge in [-0.1, -0.05) is 53.6 Å². The molecule has 0 aliphatic heterocycles. The Bertz CT molecular complexity index is 964. The van der Waals surface area contributed by atoms with Crippen LogP contribution in [-0.4, -0.2) is 18.0 Å². The molecule has 0 saturated carbocycles. The van der Waals surface area contributed by atoms with Gasteiger partial charge in [-0.2, -0.15) is 0 Å². The fraction of sp³-hybridized carbons (Fsp3) is 0.182. The van der Waals surface area contributed by atoms with Gasteiger partial charge in [0.2, 0.25) is 0 Å². The number of carbonyl (C=O) groups excluding carboxylic acids is 2. The van der Waals surface area contributed by atoms with E-state index in [-0.39, 0.29) is 5.91 Å². The summed E-state index contributed by atoms with van der Waals surface area (Å²) in [4.78, 5) is 25.3. The largest absolute Gasteiger partial charge is 0.448 e. The van der Waals surface area contributed by atoms with Crippen LogP contribution in [0.2, 0.25) is 5.02 Å². The molecule has 4 nitrogen and oxygen atoms in total. The first-order chi connectivity index (χ1) is 13.4. The van der Waals surface area contributed by atoms with Crippen molar-refractivity contribution in [1.82, 2.24) is 5.32 Å². The highest BCUT2D eigenvalue weighted by molar-refractivity contribution is 7.12. The zero-order chi connectivity index (χ0) is 20.1. The van der Waals surface area contributed by atoms with Gasteiger partial charge in [0.15, 0.2) is 6.10 Å². The molecule has 2 aromatic carbocycles. The first-order valence-electron chi connectivity index (χ1n) is 8.81. The van der Waals surface area contributed by atoms with E-state index in [1.165, 1.54) is 11.3 Å². The molecule has 3 aromatic rings. The van der Waals surface area contributed by atoms with E-state index in [0.29, 0.717) is 16.4 Å². The Hall–Kier alpha value is -2.63. The average Bonchev–Trinajstić information content (AvgIpc) is 3.17. The Morgan fingerprint density at radius 1 is 1.07 bits per heavy atom. The summed E-state index contributed by atoms with van der Waals surface area (Å²) in [5.74, 6) is -0.851. The van der Waals surface area contributed by atoms with Crippen molar-refractivity contribution in [2.45, 2.75) is 26.5 Å². The summed E-state index contributed by atoms with van der Waals surface area (Å²) in [5.41, 5.74) is 3.81. The lowest BCUT2D eigenvalue weighted by Crippen LogP contribution is -2.35. The van der Waals surface area contributed by atoms with Gasteiger partial charge in [0.25, 0.3) is 5.91 Å². The number of ether oxygens (including phenoxy) is 1. The molecule has 0 bridgehead atoms. The van der Waals surface area contributed by atoms with E-state index in [2.05, 4.69) is 5.32 Å². The molecule has 0 saturated heterocycles. The van der Waals surface area contributed by atoms with Gasteiger partial charge in [0.05, 0.1) is 0 Å². The summed E-state index contributed by atoms with van der Waals surface area (Å²) >= 11 is 7.15. The van der Waals surface area contributed by atoms with Crippen molar-refractivity contribution < 1.29 is 14.3 Å². The third-order valence-corrected chi connectivity index (χ3v) is 5.39. The Morgan fingerprint density at radius 3 is 2.43 bits per heavy atom. The molecule has 0 aliphatic rings. The van der Waals surface area contributed by atoms with E-state index in [9.17, 15) is 9.59 Å². The van der Waals surface area contributed by atoms with Crippen LogP contribution in [0.1, 0.15) is 27.7 Å². The van der Waals surface area contributed by atoms with Crippen molar-refractivity contribution in [3.8, 4) is 11.1 Å². The second-order valence-corrected chi connectivity index (χ2v) is 7.77. The smallest absolute Gasteiger partial charge is 0.349 e. The molecule has 1 unspecified atom stereocenters. The molecule has 0 radical (unpaired) electrons. The molecule has 0 aliphatic carbocycles. The van der Waals surface area contributed by atoms with E-state index >= 15 is 0 Å². The zero-order valence-corrected chi connectivity index (χ0v) is 17.1. The highest BCUT2D eigenvalue weighted by atomic mass is 35.5. The van der Waals surface area contributed by atoms with Gasteiger partial charge in [-0.3, -0.25) is 4.79 Å². The molecule has 1 heterocycles. The fourth-order valence-electron chi connectivity index (χ4n) is 2.63. The van der Waals surface area contributed by atoms with Crippen LogP contribution >= 0.6 is 22.9 Å². The molecular weight excluding hydrogens is 394 g/mol. The number of aryl methyl sites for hydroxylation is 1. The average molecular weight is 414 g/mol. The summed E-state index contributed by atoms with van der Waals surface area (Å²) in [6.07, 6.45) is -0.896. The molecule has 1 atom stereocenters. The van der Waals surface area contributed by atoms with Crippen molar-refractivity contribution in [1.29, 1.82) is 0 Å². The molecule has 1 amide bonds. The second-order valence-electron chi connectivity index (χ2n) is 6.42. The number of amides is 1. The summed E-state index contributed by atoms with van der Waals surface area (Å²) in [6, 6.07) is 17.0. The van der Waals surface area contributed by atoms with Crippen molar-refractivity contribution in [3.05, 3.63) is 81.0 Å². The maximum absolute atomic E-state index is 12.6. The van der Waals surface area contributed by atoms with Gasteiger partial charge in [-0.05, 0) is 48.6 Å². The summed E-state index contributed by atoms with van der Waals surface area (Å²) in [6.45, 7) is 3.91. The first-order valence-corrected chi connectivity index (χ1v) is 10.1. The van der Waals surface area contributed by atoms with E-state index in [1.807, 2.05) is 54.8 Å². The van der Waals surface area contributed by atoms with Crippen LogP contribution in [0.15, 0.2) is 60.0 Å². The number of thiophene rings is 1. The minimum Gasteiger partial charge on any atom is -0.448 e. The summed E-state index contributed by atoms with van der Waals surface area (Å²) in [5, 5.41) is 5.25. The molecule has 1 aromatic heterocycles. The minimum atomic E-state index is -0.896. The molecule has 1 N–H and O–H groups in total. The third kappa shape index (κ3) is 5.00. The highest BCUT2D eigenvalue weighted by Gasteiger charge is 2.22. The molecular formula is C22H20ClNO3S. The standard InChI is InChI=1S/C22H20ClNO3S/c1-14-3-7-17(8-4-14)19-11-12-28-20(19)22(26)27-15(2)21(25)24-13-16-5-9-18(23)10-6-16/h3-12,15H,13H2,1-2H3,(H,24,25). The Balaban J connectivity index is 1.61. The summed E-state index contributed by atoms with van der Waals surface area (Å²) in [7, 11) is 0. The Kier molecular flexibility index (Phi) is 6.49. The van der Waals surface area contributed by atoms with E-state index < -0.39 is 12.1 Å². The van der Waals surface area contributed by atoms with Gasteiger partial charge >= 0.3 is 5.97 Å². The van der Waals surface area contributed by atoms with Gasteiger partial charge in [0, 0.05) is 17.1 Å². The van der Waals surface area contributed by atoms with Crippen molar-refractivity contribution in [3.63, 3.8) is 0 Å². The quantitative estimate of drug-likeness (QED) is 0.562. The van der Waals surface area contributed by atoms with E-state index in [4.69, 9.17) is 16.3 Å². The maximum atomic E-state index is 12.6. The van der Waals surface area contributed by atoms with Crippen LogP contribution in [0, 0.1) is 6.92 Å². The molecule has 0 spiro atoms. The Labute approximate surface area is 173 Å². The van der Waals surface area contributed by atoms with Gasteiger partial charge in [-0.25, -0.2) is 4.79 Å². The second kappa shape index (κ2) is 9.04. The fourth-order valence-corrected chi connectivity index (χ4v) is 3.55. The van der Waals surface area contributed by atoms with E-state index in [0.717, 1.165) is 22.3 Å². The predicted octanol–water partition coefficient (Wildman–Crippen LogP) is 5.24. The normalized spacial score (nSPS) is 11.7. The molecule has 6 heteroatoms. The highest BCUT2D eigenvalue weighted by Crippen LogP contribution is 2.29. The van der Waals surface area contributed by atoms with Gasteiger partial charge < -0.3 is 10.1 Å². The number of halogens is 1. The SMILES string of the molecule is Cc1ccc(-c2ccsc2C(=O)OC(C)C(=O)NCc2ccc(Cl)cc2)cc1. The lowest BCUT2D eigenvalue weighted by molar-refractivity contribution is -0.129. The zero-order valence-electron chi connectivity index (χ0n) is 15.6. The summed E-state index contributed by atoms with van der Waals surface area (Å²) < 4.78 is 5.39. The molecule has 0 fully saturated rings. The predicted molar refractivity (Wildman–Crippen MR) is 113 cm³/mol. The molecule has 28 heavy (non-hydrogen) atoms. The number of hydrogen-bond acceptors (Lipinski definition) is 4. The lowest BCUT2D eigenvalue weighted by Gasteiger charge is -2.14. The van der Waals surface area contributed by atoms with Gasteiger partial charge in [0.1, 0.15) is 4.88 Å². The molecule has 144 valence electrons. The number of esters is 1. The van der Waals surface area contributed by atoms with Crippen LogP contribution in [0.25, 0.3) is 11.1 Å². The Morgan fingerprint density at radius 2 is 1.75 bits per heavy atom. The van der Waals surface area contributed by atoms with Crippen LogP contribution < -0.4 is 5.32 Å². The molecule has 3 rings (SSSR count). The topological polar surface area (TPSA) is 55.4 Å². The van der Waals surface area contributed by atoms with E-state index in [1.54, 1.807) is 19.1 Å². The number of rotatable bonds is 6. The lowest BCUT2D eigenvalue weighted by atomic mass is 10.1. The number of carbonyl (C=O) groups is 2. The maximum Gasteiger partial charge on any atom is 0.349 e. The van der Waals surface area contributed by atoms with Crippen LogP contribution in [0.3, 0.4) is 0 Å². The minimum absolute atomic E-state index is 0.339. The number of hydrogen-bond donors (Lipinski definition) is 1. The van der Waals surface area contributed by atoms with Crippen molar-refractivity contribution >= 4 is 34.8 Å².